The van der Waals surface area contributed by atoms with Crippen LogP contribution >= 0.6 is 0 Å². The van der Waals surface area contributed by atoms with E-state index in [0.717, 1.165) is 19.4 Å². The first-order chi connectivity index (χ1) is 15.3. The quantitative estimate of drug-likeness (QED) is 0.142. The summed E-state index contributed by atoms with van der Waals surface area (Å²) in [4.78, 5) is 11.1. The lowest BCUT2D eigenvalue weighted by molar-refractivity contribution is -0.145. The van der Waals surface area contributed by atoms with Gasteiger partial charge in [-0.1, -0.05) is 58.8 Å². The third kappa shape index (κ3) is 27.2. The van der Waals surface area contributed by atoms with Gasteiger partial charge in [0.25, 0.3) is 0 Å². The Morgan fingerprint density at radius 1 is 0.452 bits per heavy atom. The van der Waals surface area contributed by atoms with Gasteiger partial charge in [-0.25, -0.2) is 0 Å². The van der Waals surface area contributed by atoms with Gasteiger partial charge in [-0.2, -0.15) is 0 Å². The summed E-state index contributed by atoms with van der Waals surface area (Å²) >= 11 is 0. The highest BCUT2D eigenvalue weighted by molar-refractivity contribution is 5.69. The molecular weight excluding hydrogens is 400 g/mol. The van der Waals surface area contributed by atoms with E-state index in [1.54, 1.807) is 0 Å². The third-order valence-corrected chi connectivity index (χ3v) is 4.58. The van der Waals surface area contributed by atoms with Crippen LogP contribution in [0.5, 0.6) is 0 Å². The van der Waals surface area contributed by atoms with Crippen molar-refractivity contribution in [1.82, 2.24) is 0 Å². The summed E-state index contributed by atoms with van der Waals surface area (Å²) in [7, 11) is 0. The van der Waals surface area contributed by atoms with Crippen LogP contribution in [0.25, 0.3) is 0 Å². The highest BCUT2D eigenvalue weighted by Gasteiger charge is 1.99. The molecule has 0 aliphatic carbocycles. The van der Waals surface area contributed by atoms with Crippen molar-refractivity contribution in [2.75, 3.05) is 72.7 Å². The lowest BCUT2D eigenvalue weighted by Gasteiger charge is -2.08. The first kappa shape index (κ1) is 30.3. The SMILES string of the molecule is CCCCCCCCCCOCCOCCOCCOCCOCCOC(=O)CCC. The smallest absolute Gasteiger partial charge is 0.305 e. The van der Waals surface area contributed by atoms with Crippen molar-refractivity contribution in [3.8, 4) is 0 Å². The summed E-state index contributed by atoms with van der Waals surface area (Å²) in [5, 5.41) is 0. The number of ether oxygens (including phenoxy) is 6. The van der Waals surface area contributed by atoms with E-state index in [9.17, 15) is 4.79 Å². The molecule has 0 unspecified atom stereocenters. The van der Waals surface area contributed by atoms with E-state index in [2.05, 4.69) is 6.92 Å². The Bertz CT molecular complexity index is 353. The fraction of sp³-hybridized carbons (Fsp3) is 0.958. The summed E-state index contributed by atoms with van der Waals surface area (Å²) in [5.74, 6) is -0.171. The molecule has 186 valence electrons. The molecule has 0 aromatic carbocycles. The van der Waals surface area contributed by atoms with Crippen LogP contribution in [-0.4, -0.2) is 78.6 Å². The van der Waals surface area contributed by atoms with Crippen molar-refractivity contribution < 1.29 is 33.2 Å². The number of esters is 1. The molecule has 0 saturated carbocycles. The Morgan fingerprint density at radius 2 is 0.839 bits per heavy atom. The zero-order valence-corrected chi connectivity index (χ0v) is 20.2. The van der Waals surface area contributed by atoms with Gasteiger partial charge in [-0.3, -0.25) is 4.79 Å². The molecule has 0 spiro atoms. The van der Waals surface area contributed by atoms with Gasteiger partial charge < -0.3 is 28.4 Å². The number of unbranched alkanes of at least 4 members (excludes halogenated alkanes) is 7. The van der Waals surface area contributed by atoms with Gasteiger partial charge in [-0.15, -0.1) is 0 Å². The summed E-state index contributed by atoms with van der Waals surface area (Å²) in [6.07, 6.45) is 11.8. The molecule has 7 nitrogen and oxygen atoms in total. The van der Waals surface area contributed by atoms with E-state index in [0.29, 0.717) is 72.5 Å². The summed E-state index contributed by atoms with van der Waals surface area (Å²) in [6, 6.07) is 0. The van der Waals surface area contributed by atoms with E-state index >= 15 is 0 Å². The van der Waals surface area contributed by atoms with Crippen molar-refractivity contribution in [3.05, 3.63) is 0 Å². The van der Waals surface area contributed by atoms with Crippen molar-refractivity contribution in [2.45, 2.75) is 78.1 Å². The second-order valence-electron chi connectivity index (χ2n) is 7.51. The second-order valence-corrected chi connectivity index (χ2v) is 7.51. The molecule has 0 amide bonds. The Morgan fingerprint density at radius 3 is 1.29 bits per heavy atom. The van der Waals surface area contributed by atoms with E-state index in [1.807, 2.05) is 6.92 Å². The second kappa shape index (κ2) is 27.3. The molecule has 0 N–H and O–H groups in total. The first-order valence-corrected chi connectivity index (χ1v) is 12.4. The highest BCUT2D eigenvalue weighted by Crippen LogP contribution is 2.08. The van der Waals surface area contributed by atoms with Crippen molar-refractivity contribution >= 4 is 5.97 Å². The van der Waals surface area contributed by atoms with Crippen LogP contribution < -0.4 is 0 Å². The molecule has 0 bridgehead atoms. The van der Waals surface area contributed by atoms with E-state index in [-0.39, 0.29) is 5.97 Å². The monoisotopic (exact) mass is 448 g/mol. The molecule has 0 aliphatic rings. The van der Waals surface area contributed by atoms with Crippen LogP contribution in [-0.2, 0) is 33.2 Å². The molecule has 0 aromatic heterocycles. The molecule has 0 saturated heterocycles. The van der Waals surface area contributed by atoms with Gasteiger partial charge in [0, 0.05) is 13.0 Å². The molecule has 0 rings (SSSR count). The van der Waals surface area contributed by atoms with Crippen molar-refractivity contribution in [1.29, 1.82) is 0 Å². The van der Waals surface area contributed by atoms with Crippen LogP contribution in [0.1, 0.15) is 78.1 Å². The van der Waals surface area contributed by atoms with Gasteiger partial charge >= 0.3 is 5.97 Å². The zero-order chi connectivity index (χ0) is 22.7. The molecule has 0 atom stereocenters. The third-order valence-electron chi connectivity index (χ3n) is 4.58. The average Bonchev–Trinajstić information content (AvgIpc) is 2.77. The van der Waals surface area contributed by atoms with Crippen LogP contribution in [0.2, 0.25) is 0 Å². The maximum absolute atomic E-state index is 11.1. The predicted octanol–water partition coefficient (Wildman–Crippen LogP) is 4.55. The maximum Gasteiger partial charge on any atom is 0.305 e. The Balaban J connectivity index is 3.03. The Hall–Kier alpha value is -0.730. The fourth-order valence-electron chi connectivity index (χ4n) is 2.81. The van der Waals surface area contributed by atoms with Crippen LogP contribution in [0, 0.1) is 0 Å². The molecule has 0 aliphatic heterocycles. The fourth-order valence-corrected chi connectivity index (χ4v) is 2.81. The van der Waals surface area contributed by atoms with Gasteiger partial charge in [0.2, 0.25) is 0 Å². The Labute approximate surface area is 190 Å². The summed E-state index contributed by atoms with van der Waals surface area (Å²) in [6.45, 7) is 10.2. The Kier molecular flexibility index (Phi) is 26.7. The minimum atomic E-state index is -0.171. The van der Waals surface area contributed by atoms with Gasteiger partial charge in [0.15, 0.2) is 0 Å². The molecule has 31 heavy (non-hydrogen) atoms. The topological polar surface area (TPSA) is 72.5 Å². The molecule has 0 fully saturated rings. The highest BCUT2D eigenvalue weighted by atomic mass is 16.6. The molecular formula is C24H48O7. The molecule has 0 aromatic rings. The number of carbonyl (C=O) groups is 1. The predicted molar refractivity (Wildman–Crippen MR) is 123 cm³/mol. The normalized spacial score (nSPS) is 11.2. The standard InChI is InChI=1S/C24H48O7/c1-3-5-6-7-8-9-10-11-13-26-14-15-27-16-17-28-18-19-29-20-21-30-22-23-31-24(25)12-4-2/h3-23H2,1-2H3. The van der Waals surface area contributed by atoms with Gasteiger partial charge in [0.1, 0.15) is 6.61 Å². The number of rotatable bonds is 26. The van der Waals surface area contributed by atoms with Gasteiger partial charge in [-0.05, 0) is 12.8 Å². The van der Waals surface area contributed by atoms with Crippen LogP contribution in [0.3, 0.4) is 0 Å². The van der Waals surface area contributed by atoms with Crippen molar-refractivity contribution in [3.63, 3.8) is 0 Å². The lowest BCUT2D eigenvalue weighted by atomic mass is 10.1. The molecule has 0 radical (unpaired) electrons. The average molecular weight is 449 g/mol. The zero-order valence-electron chi connectivity index (χ0n) is 20.2. The largest absolute Gasteiger partial charge is 0.463 e. The summed E-state index contributed by atoms with van der Waals surface area (Å²) in [5.41, 5.74) is 0. The van der Waals surface area contributed by atoms with E-state index < -0.39 is 0 Å². The first-order valence-electron chi connectivity index (χ1n) is 12.4. The van der Waals surface area contributed by atoms with Gasteiger partial charge in [0.05, 0.1) is 59.5 Å². The molecule has 0 heterocycles. The number of hydrogen-bond donors (Lipinski definition) is 0. The maximum atomic E-state index is 11.1. The lowest BCUT2D eigenvalue weighted by Crippen LogP contribution is -2.15. The van der Waals surface area contributed by atoms with E-state index in [4.69, 9.17) is 28.4 Å². The number of carbonyl (C=O) groups excluding carboxylic acids is 1. The summed E-state index contributed by atoms with van der Waals surface area (Å²) < 4.78 is 32.2. The molecule has 7 heteroatoms. The minimum absolute atomic E-state index is 0.171. The minimum Gasteiger partial charge on any atom is -0.463 e. The number of hydrogen-bond acceptors (Lipinski definition) is 7. The van der Waals surface area contributed by atoms with Crippen molar-refractivity contribution in [2.24, 2.45) is 0 Å². The van der Waals surface area contributed by atoms with Crippen LogP contribution in [0.4, 0.5) is 0 Å². The van der Waals surface area contributed by atoms with Crippen LogP contribution in [0.15, 0.2) is 0 Å². The van der Waals surface area contributed by atoms with E-state index in [1.165, 1.54) is 44.9 Å².